The molecule has 1 aromatic heterocycles. The molecule has 0 radical (unpaired) electrons. The van der Waals surface area contributed by atoms with Gasteiger partial charge in [-0.2, -0.15) is 5.10 Å². The highest BCUT2D eigenvalue weighted by Gasteiger charge is 2.02. The normalized spacial score (nSPS) is 10.0. The molecule has 3 N–H and O–H groups in total. The highest BCUT2D eigenvalue weighted by Crippen LogP contribution is 2.19. The van der Waals surface area contributed by atoms with Crippen LogP contribution in [0.4, 0.5) is 5.82 Å². The van der Waals surface area contributed by atoms with Crippen molar-refractivity contribution in [2.75, 3.05) is 12.0 Å². The first-order chi connectivity index (χ1) is 4.25. The standard InChI is InChI=1S/C5H9N3S/c1-3-4(6)7-8-5(3)9-2/h1-2H3,(H3,6,7,8). The fraction of sp³-hybridized carbons (Fsp3) is 0.400. The van der Waals surface area contributed by atoms with E-state index in [9.17, 15) is 0 Å². The van der Waals surface area contributed by atoms with Crippen LogP contribution in [0.3, 0.4) is 0 Å². The van der Waals surface area contributed by atoms with Gasteiger partial charge in [-0.15, -0.1) is 11.8 Å². The first-order valence-corrected chi connectivity index (χ1v) is 3.82. The van der Waals surface area contributed by atoms with Crippen LogP contribution in [0.2, 0.25) is 0 Å². The van der Waals surface area contributed by atoms with Crippen molar-refractivity contribution < 1.29 is 0 Å². The third-order valence-corrected chi connectivity index (χ3v) is 1.98. The molecule has 9 heavy (non-hydrogen) atoms. The Morgan fingerprint density at radius 1 is 1.67 bits per heavy atom. The monoisotopic (exact) mass is 143 g/mol. The van der Waals surface area contributed by atoms with Crippen molar-refractivity contribution in [3.8, 4) is 0 Å². The molecule has 0 spiro atoms. The van der Waals surface area contributed by atoms with E-state index in [4.69, 9.17) is 5.73 Å². The number of nitrogens with one attached hydrogen (secondary N) is 1. The fourth-order valence-corrected chi connectivity index (χ4v) is 1.15. The number of H-pyrrole nitrogens is 1. The molecule has 1 aromatic rings. The first kappa shape index (κ1) is 6.48. The van der Waals surface area contributed by atoms with Gasteiger partial charge in [0.25, 0.3) is 0 Å². The van der Waals surface area contributed by atoms with Crippen molar-refractivity contribution in [2.24, 2.45) is 0 Å². The van der Waals surface area contributed by atoms with Gasteiger partial charge < -0.3 is 5.73 Å². The molecule has 0 aliphatic heterocycles. The Kier molecular flexibility index (Phi) is 1.66. The molecule has 1 rings (SSSR count). The summed E-state index contributed by atoms with van der Waals surface area (Å²) in [5.41, 5.74) is 6.53. The number of hydrogen-bond acceptors (Lipinski definition) is 3. The van der Waals surface area contributed by atoms with E-state index >= 15 is 0 Å². The second-order valence-corrected chi connectivity index (χ2v) is 2.57. The maximum atomic E-state index is 5.48. The van der Waals surface area contributed by atoms with Crippen LogP contribution in [0.25, 0.3) is 0 Å². The minimum absolute atomic E-state index is 0.666. The van der Waals surface area contributed by atoms with E-state index in [-0.39, 0.29) is 0 Å². The van der Waals surface area contributed by atoms with Crippen LogP contribution in [0.15, 0.2) is 5.03 Å². The smallest absolute Gasteiger partial charge is 0.123 e. The summed E-state index contributed by atoms with van der Waals surface area (Å²) in [6.45, 7) is 1.95. The molecule has 4 heteroatoms. The lowest BCUT2D eigenvalue weighted by molar-refractivity contribution is 1.00. The number of nitrogen functional groups attached to an aromatic ring is 1. The fourth-order valence-electron chi connectivity index (χ4n) is 0.593. The number of aromatic amines is 1. The first-order valence-electron chi connectivity index (χ1n) is 2.60. The van der Waals surface area contributed by atoms with Gasteiger partial charge in [-0.3, -0.25) is 5.10 Å². The lowest BCUT2D eigenvalue weighted by atomic mass is 10.4. The lowest BCUT2D eigenvalue weighted by Gasteiger charge is -1.88. The van der Waals surface area contributed by atoms with Crippen LogP contribution in [-0.2, 0) is 0 Å². The van der Waals surface area contributed by atoms with Gasteiger partial charge in [0, 0.05) is 5.56 Å². The second-order valence-electron chi connectivity index (χ2n) is 1.77. The van der Waals surface area contributed by atoms with Gasteiger partial charge in [0.1, 0.15) is 10.8 Å². The third kappa shape index (κ3) is 1.03. The van der Waals surface area contributed by atoms with Crippen LogP contribution in [-0.4, -0.2) is 16.5 Å². The van der Waals surface area contributed by atoms with Crippen molar-refractivity contribution in [3.05, 3.63) is 5.56 Å². The Labute approximate surface area is 58.0 Å². The predicted molar refractivity (Wildman–Crippen MR) is 39.5 cm³/mol. The molecule has 0 aliphatic rings. The highest BCUT2D eigenvalue weighted by molar-refractivity contribution is 7.98. The number of nitrogens with two attached hydrogens (primary N) is 1. The average Bonchev–Trinajstić information content (AvgIpc) is 2.15. The topological polar surface area (TPSA) is 54.7 Å². The maximum absolute atomic E-state index is 5.48. The number of thioether (sulfide) groups is 1. The van der Waals surface area contributed by atoms with Crippen LogP contribution in [0.5, 0.6) is 0 Å². The van der Waals surface area contributed by atoms with E-state index in [0.717, 1.165) is 10.6 Å². The summed E-state index contributed by atoms with van der Waals surface area (Å²) in [6, 6.07) is 0. The quantitative estimate of drug-likeness (QED) is 0.577. The van der Waals surface area contributed by atoms with Gasteiger partial charge in [-0.25, -0.2) is 0 Å². The van der Waals surface area contributed by atoms with Crippen LogP contribution in [0.1, 0.15) is 5.56 Å². The molecule has 0 bridgehead atoms. The number of anilines is 1. The van der Waals surface area contributed by atoms with Gasteiger partial charge in [0.2, 0.25) is 0 Å². The summed E-state index contributed by atoms with van der Waals surface area (Å²) >= 11 is 1.59. The number of rotatable bonds is 1. The molecule has 0 saturated carbocycles. The average molecular weight is 143 g/mol. The minimum atomic E-state index is 0.666. The van der Waals surface area contributed by atoms with E-state index in [1.807, 2.05) is 13.2 Å². The van der Waals surface area contributed by atoms with Crippen molar-refractivity contribution in [1.29, 1.82) is 0 Å². The van der Waals surface area contributed by atoms with E-state index < -0.39 is 0 Å². The lowest BCUT2D eigenvalue weighted by Crippen LogP contribution is -1.85. The van der Waals surface area contributed by atoms with Crippen molar-refractivity contribution in [2.45, 2.75) is 11.9 Å². The van der Waals surface area contributed by atoms with Crippen LogP contribution >= 0.6 is 11.8 Å². The highest BCUT2D eigenvalue weighted by atomic mass is 32.2. The summed E-state index contributed by atoms with van der Waals surface area (Å²) in [5.74, 6) is 0.666. The van der Waals surface area contributed by atoms with Crippen LogP contribution < -0.4 is 5.73 Å². The van der Waals surface area contributed by atoms with Crippen molar-refractivity contribution >= 4 is 17.6 Å². The zero-order chi connectivity index (χ0) is 6.85. The van der Waals surface area contributed by atoms with Gasteiger partial charge in [-0.05, 0) is 13.2 Å². The molecular weight excluding hydrogens is 134 g/mol. The number of nitrogens with zero attached hydrogens (tertiary/aromatic N) is 1. The summed E-state index contributed by atoms with van der Waals surface area (Å²) in [5, 5.41) is 7.62. The SMILES string of the molecule is CSc1n[nH]c(N)c1C. The Morgan fingerprint density at radius 3 is 2.56 bits per heavy atom. The largest absolute Gasteiger partial charge is 0.384 e. The van der Waals surface area contributed by atoms with Gasteiger partial charge in [-0.1, -0.05) is 0 Å². The van der Waals surface area contributed by atoms with E-state index in [1.54, 1.807) is 11.8 Å². The molecule has 0 aliphatic carbocycles. The van der Waals surface area contributed by atoms with E-state index in [1.165, 1.54) is 0 Å². The van der Waals surface area contributed by atoms with Gasteiger partial charge in [0.15, 0.2) is 0 Å². The van der Waals surface area contributed by atoms with Crippen molar-refractivity contribution in [1.82, 2.24) is 10.2 Å². The number of hydrogen-bond donors (Lipinski definition) is 2. The Morgan fingerprint density at radius 2 is 2.33 bits per heavy atom. The summed E-state index contributed by atoms with van der Waals surface area (Å²) in [7, 11) is 0. The molecule has 0 unspecified atom stereocenters. The van der Waals surface area contributed by atoms with Gasteiger partial charge in [0.05, 0.1) is 0 Å². The molecule has 50 valence electrons. The maximum Gasteiger partial charge on any atom is 0.123 e. The Balaban J connectivity index is 3.04. The number of aromatic nitrogens is 2. The molecule has 0 aromatic carbocycles. The van der Waals surface area contributed by atoms with Gasteiger partial charge >= 0.3 is 0 Å². The molecule has 0 atom stereocenters. The molecular formula is C5H9N3S. The van der Waals surface area contributed by atoms with Crippen molar-refractivity contribution in [3.63, 3.8) is 0 Å². The second kappa shape index (κ2) is 2.31. The minimum Gasteiger partial charge on any atom is -0.384 e. The van der Waals surface area contributed by atoms with E-state index in [0.29, 0.717) is 5.82 Å². The molecule has 0 saturated heterocycles. The molecule has 3 nitrogen and oxygen atoms in total. The molecule has 0 amide bonds. The zero-order valence-corrected chi connectivity index (χ0v) is 6.25. The summed E-state index contributed by atoms with van der Waals surface area (Å²) in [6.07, 6.45) is 1.97. The third-order valence-electron chi connectivity index (χ3n) is 1.20. The Bertz CT molecular complexity index is 206. The van der Waals surface area contributed by atoms with Crippen LogP contribution in [0, 0.1) is 6.92 Å². The Hall–Kier alpha value is -0.640. The predicted octanol–water partition coefficient (Wildman–Crippen LogP) is 1.02. The summed E-state index contributed by atoms with van der Waals surface area (Å²) < 4.78 is 0. The molecule has 1 heterocycles. The molecule has 0 fully saturated rings. The van der Waals surface area contributed by atoms with E-state index in [2.05, 4.69) is 10.2 Å². The zero-order valence-electron chi connectivity index (χ0n) is 5.43. The summed E-state index contributed by atoms with van der Waals surface area (Å²) in [4.78, 5) is 0.